The lowest BCUT2D eigenvalue weighted by atomic mass is 9.93. The van der Waals surface area contributed by atoms with Gasteiger partial charge in [-0.1, -0.05) is 30.3 Å². The van der Waals surface area contributed by atoms with Gasteiger partial charge in [0.1, 0.15) is 0 Å². The number of hydrazine groups is 1. The molecular formula is C17H25ClN4O. The molecule has 0 saturated carbocycles. The number of nitrogens with zero attached hydrogens (tertiary/aromatic N) is 1. The van der Waals surface area contributed by atoms with Crippen molar-refractivity contribution in [3.8, 4) is 0 Å². The van der Waals surface area contributed by atoms with Gasteiger partial charge in [0.15, 0.2) is 0 Å². The minimum Gasteiger partial charge on any atom is -0.335 e. The molecule has 5 nitrogen and oxygen atoms in total. The zero-order valence-electron chi connectivity index (χ0n) is 13.2. The Morgan fingerprint density at radius 3 is 2.65 bits per heavy atom. The van der Waals surface area contributed by atoms with Crippen molar-refractivity contribution in [2.75, 3.05) is 19.6 Å². The lowest BCUT2D eigenvalue weighted by Crippen LogP contribution is -2.47. The van der Waals surface area contributed by atoms with Gasteiger partial charge in [-0.05, 0) is 31.4 Å². The first-order chi connectivity index (χ1) is 10.8. The molecule has 3 saturated heterocycles. The number of carbonyl (C=O) groups is 1. The van der Waals surface area contributed by atoms with E-state index >= 15 is 0 Å². The van der Waals surface area contributed by atoms with Crippen LogP contribution in [0.5, 0.6) is 0 Å². The van der Waals surface area contributed by atoms with E-state index in [1.54, 1.807) is 0 Å². The first kappa shape index (κ1) is 16.7. The Morgan fingerprint density at radius 1 is 1.04 bits per heavy atom. The van der Waals surface area contributed by atoms with E-state index in [-0.39, 0.29) is 24.4 Å². The average Bonchev–Trinajstić information content (AvgIpc) is 3.11. The van der Waals surface area contributed by atoms with Crippen LogP contribution in [-0.2, 0) is 4.79 Å². The predicted octanol–water partition coefficient (Wildman–Crippen LogP) is 1.23. The first-order valence-electron chi connectivity index (χ1n) is 8.41. The number of fused-ring (bicyclic) bond motifs is 2. The van der Waals surface area contributed by atoms with Crippen molar-refractivity contribution >= 4 is 18.3 Å². The maximum Gasteiger partial charge on any atom is 0.229 e. The second-order valence-electron chi connectivity index (χ2n) is 6.64. The Bertz CT molecular complexity index is 527. The molecule has 1 aromatic rings. The highest BCUT2D eigenvalue weighted by Crippen LogP contribution is 2.33. The molecule has 6 heteroatoms. The van der Waals surface area contributed by atoms with E-state index in [1.807, 2.05) is 18.2 Å². The molecule has 3 aliphatic rings. The number of hydrogen-bond donors (Lipinski definition) is 3. The molecule has 3 aliphatic heterocycles. The van der Waals surface area contributed by atoms with Gasteiger partial charge in [0, 0.05) is 25.2 Å². The highest BCUT2D eigenvalue weighted by Gasteiger charge is 2.44. The fourth-order valence-corrected chi connectivity index (χ4v) is 4.24. The minimum absolute atomic E-state index is 0. The summed E-state index contributed by atoms with van der Waals surface area (Å²) in [7, 11) is 0. The molecule has 2 bridgehead atoms. The number of hydrogen-bond acceptors (Lipinski definition) is 4. The highest BCUT2D eigenvalue weighted by atomic mass is 35.5. The topological polar surface area (TPSA) is 56.4 Å². The SMILES string of the molecule is Cl.O=C(C1CNNC1c1ccccc1)N1C2CCNCC1CC2. The molecule has 3 heterocycles. The number of nitrogens with one attached hydrogen (secondary N) is 3. The monoisotopic (exact) mass is 336 g/mol. The summed E-state index contributed by atoms with van der Waals surface area (Å²) in [6.45, 7) is 2.70. The molecule has 0 spiro atoms. The summed E-state index contributed by atoms with van der Waals surface area (Å²) >= 11 is 0. The zero-order chi connectivity index (χ0) is 14.9. The first-order valence-corrected chi connectivity index (χ1v) is 8.41. The number of carbonyl (C=O) groups excluding carboxylic acids is 1. The second-order valence-corrected chi connectivity index (χ2v) is 6.64. The van der Waals surface area contributed by atoms with Crippen LogP contribution in [0, 0.1) is 5.92 Å². The van der Waals surface area contributed by atoms with Crippen LogP contribution in [0.1, 0.15) is 30.9 Å². The van der Waals surface area contributed by atoms with Gasteiger partial charge in [-0.25, -0.2) is 5.43 Å². The van der Waals surface area contributed by atoms with Crippen molar-refractivity contribution < 1.29 is 4.79 Å². The molecule has 4 rings (SSSR count). The molecule has 1 amide bonds. The molecule has 4 unspecified atom stereocenters. The Labute approximate surface area is 143 Å². The number of halogens is 1. The van der Waals surface area contributed by atoms with E-state index in [2.05, 4.69) is 33.2 Å². The Hall–Kier alpha value is -1.14. The molecule has 0 aliphatic carbocycles. The maximum atomic E-state index is 13.2. The standard InChI is InChI=1S/C17H24N4O.ClH/c22-17(21-13-6-7-14(21)10-18-9-8-13)15-11-19-20-16(15)12-4-2-1-3-5-12;/h1-5,13-16,18-20H,6-11H2;1H. The summed E-state index contributed by atoms with van der Waals surface area (Å²) in [5, 5.41) is 3.47. The third-order valence-electron chi connectivity index (χ3n) is 5.37. The fourth-order valence-electron chi connectivity index (χ4n) is 4.24. The molecule has 0 radical (unpaired) electrons. The van der Waals surface area contributed by atoms with Crippen LogP contribution in [0.4, 0.5) is 0 Å². The molecule has 3 N–H and O–H groups in total. The summed E-state index contributed by atoms with van der Waals surface area (Å²) in [6, 6.07) is 11.2. The van der Waals surface area contributed by atoms with Crippen LogP contribution in [0.25, 0.3) is 0 Å². The Morgan fingerprint density at radius 2 is 1.83 bits per heavy atom. The van der Waals surface area contributed by atoms with E-state index < -0.39 is 0 Å². The number of rotatable bonds is 2. The van der Waals surface area contributed by atoms with Gasteiger partial charge >= 0.3 is 0 Å². The quantitative estimate of drug-likeness (QED) is 0.760. The molecule has 126 valence electrons. The van der Waals surface area contributed by atoms with E-state index in [0.29, 0.717) is 24.5 Å². The van der Waals surface area contributed by atoms with Gasteiger partial charge in [-0.15, -0.1) is 12.4 Å². The van der Waals surface area contributed by atoms with Gasteiger partial charge in [0.05, 0.1) is 12.0 Å². The molecule has 1 aromatic carbocycles. The van der Waals surface area contributed by atoms with Crippen LogP contribution in [0.2, 0.25) is 0 Å². The molecule has 4 atom stereocenters. The Balaban J connectivity index is 0.00000156. The van der Waals surface area contributed by atoms with Crippen molar-refractivity contribution in [1.29, 1.82) is 0 Å². The molecular weight excluding hydrogens is 312 g/mol. The Kier molecular flexibility index (Phi) is 5.21. The second kappa shape index (κ2) is 7.18. The summed E-state index contributed by atoms with van der Waals surface area (Å²) in [6.07, 6.45) is 3.40. The van der Waals surface area contributed by atoms with E-state index in [1.165, 1.54) is 12.0 Å². The largest absolute Gasteiger partial charge is 0.335 e. The van der Waals surface area contributed by atoms with Crippen molar-refractivity contribution in [3.63, 3.8) is 0 Å². The van der Waals surface area contributed by atoms with Crippen LogP contribution in [-0.4, -0.2) is 42.5 Å². The van der Waals surface area contributed by atoms with Crippen molar-refractivity contribution in [2.45, 2.75) is 37.4 Å². The maximum absolute atomic E-state index is 13.2. The van der Waals surface area contributed by atoms with Crippen molar-refractivity contribution in [3.05, 3.63) is 35.9 Å². The highest BCUT2D eigenvalue weighted by molar-refractivity contribution is 5.85. The number of benzene rings is 1. The lowest BCUT2D eigenvalue weighted by molar-refractivity contribution is -0.138. The van der Waals surface area contributed by atoms with Crippen LogP contribution in [0.15, 0.2) is 30.3 Å². The summed E-state index contributed by atoms with van der Waals surface area (Å²) in [5.74, 6) is 0.311. The predicted molar refractivity (Wildman–Crippen MR) is 92.2 cm³/mol. The van der Waals surface area contributed by atoms with Crippen molar-refractivity contribution in [1.82, 2.24) is 21.1 Å². The smallest absolute Gasteiger partial charge is 0.229 e. The normalized spacial score (nSPS) is 33.1. The molecule has 3 fully saturated rings. The van der Waals surface area contributed by atoms with Crippen LogP contribution < -0.4 is 16.2 Å². The van der Waals surface area contributed by atoms with Gasteiger partial charge in [0.2, 0.25) is 5.91 Å². The summed E-state index contributed by atoms with van der Waals surface area (Å²) < 4.78 is 0. The van der Waals surface area contributed by atoms with Gasteiger partial charge in [0.25, 0.3) is 0 Å². The van der Waals surface area contributed by atoms with E-state index in [4.69, 9.17) is 0 Å². The molecule has 23 heavy (non-hydrogen) atoms. The summed E-state index contributed by atoms with van der Waals surface area (Å²) in [4.78, 5) is 15.4. The third kappa shape index (κ3) is 3.11. The van der Waals surface area contributed by atoms with E-state index in [0.717, 1.165) is 25.9 Å². The number of amides is 1. The fraction of sp³-hybridized carbons (Fsp3) is 0.588. The van der Waals surface area contributed by atoms with Crippen molar-refractivity contribution in [2.24, 2.45) is 5.92 Å². The van der Waals surface area contributed by atoms with E-state index in [9.17, 15) is 4.79 Å². The van der Waals surface area contributed by atoms with Gasteiger partial charge in [-0.3, -0.25) is 10.2 Å². The molecule has 0 aromatic heterocycles. The summed E-state index contributed by atoms with van der Waals surface area (Å²) in [5.41, 5.74) is 7.68. The van der Waals surface area contributed by atoms with Gasteiger partial charge in [-0.2, -0.15) is 0 Å². The van der Waals surface area contributed by atoms with Crippen LogP contribution in [0.3, 0.4) is 0 Å². The minimum atomic E-state index is -0.0106. The average molecular weight is 337 g/mol. The zero-order valence-corrected chi connectivity index (χ0v) is 14.0. The van der Waals surface area contributed by atoms with Crippen LogP contribution >= 0.6 is 12.4 Å². The third-order valence-corrected chi connectivity index (χ3v) is 5.37. The lowest BCUT2D eigenvalue weighted by Gasteiger charge is -2.32. The van der Waals surface area contributed by atoms with Gasteiger partial charge < -0.3 is 10.2 Å².